The lowest BCUT2D eigenvalue weighted by Crippen LogP contribution is -2.47. The molecule has 44 heavy (non-hydrogen) atoms. The molecule has 0 amide bonds. The Morgan fingerprint density at radius 1 is 1.02 bits per heavy atom. The van der Waals surface area contributed by atoms with Crippen molar-refractivity contribution in [2.75, 3.05) is 38.1 Å². The number of carbonyl (C=O) groups is 2. The van der Waals surface area contributed by atoms with Crippen LogP contribution in [0.1, 0.15) is 44.7 Å². The zero-order valence-electron chi connectivity index (χ0n) is 25.9. The van der Waals surface area contributed by atoms with Gasteiger partial charge in [0.05, 0.1) is 5.92 Å². The Morgan fingerprint density at radius 3 is 2.14 bits per heavy atom. The van der Waals surface area contributed by atoms with Crippen molar-refractivity contribution in [2.45, 2.75) is 69.8 Å². The van der Waals surface area contributed by atoms with Gasteiger partial charge in [-0.2, -0.15) is 13.2 Å². The summed E-state index contributed by atoms with van der Waals surface area (Å²) in [6.45, 7) is 13.3. The standard InChI is InChI=1S/C29H40F2N2O3Si.C2HF3O2/c1-28(2,3)37(5,6)36-23-8-9-25(31)20(16-23)15-21(27(34)35)18-33-13-11-29(12-14-33)19-32(4)26-10-7-22(30)17-24(26)29;3-2(4,5)1(6)7/h7-10,16-17,21H,11-15,18-19H2,1-6H3,(H,34,35);(H,6,7). The SMILES string of the molecule is CN1CC2(CCN(CC(Cc3cc(O[Si](C)(C)C(C)(C)C)ccc3F)C(=O)O)CC2)c2cc(F)ccc21.O=C(O)C(F)(F)F. The molecule has 1 spiro atoms. The highest BCUT2D eigenvalue weighted by atomic mass is 28.4. The molecular formula is C31H41F5N2O5Si. The van der Waals surface area contributed by atoms with E-state index in [9.17, 15) is 31.9 Å². The molecule has 1 atom stereocenters. The van der Waals surface area contributed by atoms with Crippen molar-refractivity contribution in [3.63, 3.8) is 0 Å². The highest BCUT2D eigenvalue weighted by Crippen LogP contribution is 2.46. The van der Waals surface area contributed by atoms with E-state index in [4.69, 9.17) is 14.3 Å². The van der Waals surface area contributed by atoms with Gasteiger partial charge in [0.1, 0.15) is 17.4 Å². The van der Waals surface area contributed by atoms with Crippen molar-refractivity contribution >= 4 is 25.9 Å². The zero-order chi connectivity index (χ0) is 33.3. The van der Waals surface area contributed by atoms with Crippen molar-refractivity contribution in [2.24, 2.45) is 5.92 Å². The average Bonchev–Trinajstić information content (AvgIpc) is 3.15. The second kappa shape index (κ2) is 13.0. The van der Waals surface area contributed by atoms with Crippen LogP contribution in [0.15, 0.2) is 36.4 Å². The van der Waals surface area contributed by atoms with Gasteiger partial charge in [0, 0.05) is 31.2 Å². The van der Waals surface area contributed by atoms with Gasteiger partial charge in [0.25, 0.3) is 0 Å². The first-order valence-corrected chi connectivity index (χ1v) is 17.3. The second-order valence-electron chi connectivity index (χ2n) is 13.3. The minimum absolute atomic E-state index is 0.00280. The quantitative estimate of drug-likeness (QED) is 0.256. The van der Waals surface area contributed by atoms with E-state index in [1.807, 2.05) is 13.1 Å². The number of piperidine rings is 1. The lowest BCUT2D eigenvalue weighted by molar-refractivity contribution is -0.192. The summed E-state index contributed by atoms with van der Waals surface area (Å²) < 4.78 is 66.9. The number of hydrogen-bond acceptors (Lipinski definition) is 5. The fourth-order valence-corrected chi connectivity index (χ4v) is 6.53. The number of benzene rings is 2. The molecule has 2 N–H and O–H groups in total. The number of nitrogens with zero attached hydrogens (tertiary/aromatic N) is 2. The first-order valence-electron chi connectivity index (χ1n) is 14.4. The van der Waals surface area contributed by atoms with Gasteiger partial charge in [0.2, 0.25) is 8.32 Å². The first-order chi connectivity index (χ1) is 20.1. The minimum atomic E-state index is -5.08. The van der Waals surface area contributed by atoms with Crippen molar-refractivity contribution in [3.05, 3.63) is 59.2 Å². The van der Waals surface area contributed by atoms with Crippen LogP contribution < -0.4 is 9.33 Å². The number of rotatable bonds is 7. The van der Waals surface area contributed by atoms with Crippen molar-refractivity contribution in [1.29, 1.82) is 0 Å². The number of aliphatic carboxylic acids is 2. The van der Waals surface area contributed by atoms with E-state index in [-0.39, 0.29) is 22.7 Å². The van der Waals surface area contributed by atoms with Gasteiger partial charge in [-0.15, -0.1) is 0 Å². The topological polar surface area (TPSA) is 90.3 Å². The van der Waals surface area contributed by atoms with E-state index in [2.05, 4.69) is 43.7 Å². The molecule has 0 aromatic heterocycles. The van der Waals surface area contributed by atoms with E-state index < -0.39 is 38.2 Å². The van der Waals surface area contributed by atoms with Crippen LogP contribution in [0, 0.1) is 17.6 Å². The number of fused-ring (bicyclic) bond motifs is 2. The zero-order valence-corrected chi connectivity index (χ0v) is 26.9. The molecule has 13 heteroatoms. The van der Waals surface area contributed by atoms with Crippen molar-refractivity contribution in [3.8, 4) is 5.75 Å². The molecule has 2 aromatic carbocycles. The van der Waals surface area contributed by atoms with Crippen molar-refractivity contribution in [1.82, 2.24) is 4.90 Å². The highest BCUT2D eigenvalue weighted by Gasteiger charge is 2.44. The number of halogens is 5. The molecule has 4 rings (SSSR count). The Morgan fingerprint density at radius 2 is 1.61 bits per heavy atom. The van der Waals surface area contributed by atoms with E-state index in [1.54, 1.807) is 18.2 Å². The lowest BCUT2D eigenvalue weighted by atomic mass is 9.74. The van der Waals surface area contributed by atoms with Crippen LogP contribution in [0.2, 0.25) is 18.1 Å². The fourth-order valence-electron chi connectivity index (χ4n) is 5.51. The molecule has 2 aliphatic rings. The molecule has 1 unspecified atom stereocenters. The summed E-state index contributed by atoms with van der Waals surface area (Å²) in [6, 6.07) is 9.72. The molecule has 0 radical (unpaired) electrons. The molecular weight excluding hydrogens is 603 g/mol. The van der Waals surface area contributed by atoms with Crippen LogP contribution in [-0.2, 0) is 21.4 Å². The van der Waals surface area contributed by atoms with Gasteiger partial charge in [-0.3, -0.25) is 4.79 Å². The van der Waals surface area contributed by atoms with Gasteiger partial charge < -0.3 is 24.4 Å². The second-order valence-corrected chi connectivity index (χ2v) is 18.0. The Bertz CT molecular complexity index is 1350. The number of hydrogen-bond donors (Lipinski definition) is 2. The largest absolute Gasteiger partial charge is 0.543 e. The maximum absolute atomic E-state index is 14.8. The first kappa shape index (κ1) is 35.3. The van der Waals surface area contributed by atoms with Crippen LogP contribution >= 0.6 is 0 Å². The van der Waals surface area contributed by atoms with E-state index in [1.165, 1.54) is 12.1 Å². The molecule has 7 nitrogen and oxygen atoms in total. The van der Waals surface area contributed by atoms with Crippen molar-refractivity contribution < 1.29 is 46.2 Å². The minimum Gasteiger partial charge on any atom is -0.543 e. The average molecular weight is 645 g/mol. The van der Waals surface area contributed by atoms with Crippen LogP contribution in [0.5, 0.6) is 5.75 Å². The number of likely N-dealkylation sites (N-methyl/N-ethyl adjacent to an activating group) is 1. The van der Waals surface area contributed by atoms with Crippen LogP contribution in [-0.4, -0.2) is 74.8 Å². The summed E-state index contributed by atoms with van der Waals surface area (Å²) in [7, 11) is -0.0690. The third-order valence-corrected chi connectivity index (χ3v) is 13.4. The van der Waals surface area contributed by atoms with Crippen LogP contribution in [0.3, 0.4) is 0 Å². The Hall–Kier alpha value is -3.19. The molecule has 0 aliphatic carbocycles. The monoisotopic (exact) mass is 644 g/mol. The van der Waals surface area contributed by atoms with Crippen LogP contribution in [0.4, 0.5) is 27.6 Å². The lowest BCUT2D eigenvalue weighted by Gasteiger charge is -2.40. The molecule has 1 fully saturated rings. The summed E-state index contributed by atoms with van der Waals surface area (Å²) in [5.74, 6) is -4.44. The molecule has 0 bridgehead atoms. The van der Waals surface area contributed by atoms with Gasteiger partial charge in [-0.25, -0.2) is 13.6 Å². The highest BCUT2D eigenvalue weighted by molar-refractivity contribution is 6.74. The summed E-state index contributed by atoms with van der Waals surface area (Å²) >= 11 is 0. The van der Waals surface area contributed by atoms with Gasteiger partial charge in [-0.1, -0.05) is 20.8 Å². The number of alkyl halides is 3. The molecule has 2 heterocycles. The normalized spacial score (nSPS) is 17.5. The summed E-state index contributed by atoms with van der Waals surface area (Å²) in [5.41, 5.74) is 2.40. The summed E-state index contributed by atoms with van der Waals surface area (Å²) in [4.78, 5) is 25.5. The molecule has 2 aliphatic heterocycles. The number of anilines is 1. The third-order valence-electron chi connectivity index (χ3n) is 9.03. The van der Waals surface area contributed by atoms with E-state index in [0.717, 1.165) is 43.7 Å². The third kappa shape index (κ3) is 8.29. The molecule has 0 saturated carbocycles. The van der Waals surface area contributed by atoms with Gasteiger partial charge in [0.15, 0.2) is 0 Å². The number of likely N-dealkylation sites (tertiary alicyclic amines) is 1. The summed E-state index contributed by atoms with van der Waals surface area (Å²) in [5, 5.41) is 17.1. The number of carboxylic acids is 2. The smallest absolute Gasteiger partial charge is 0.490 e. The molecule has 2 aromatic rings. The maximum atomic E-state index is 14.8. The Labute approximate surface area is 255 Å². The fraction of sp³-hybridized carbons (Fsp3) is 0.548. The van der Waals surface area contributed by atoms with Gasteiger partial charge >= 0.3 is 18.1 Å². The molecule has 244 valence electrons. The van der Waals surface area contributed by atoms with E-state index >= 15 is 0 Å². The Balaban J connectivity index is 0.000000676. The van der Waals surface area contributed by atoms with Gasteiger partial charge in [-0.05, 0) is 98.0 Å². The molecule has 1 saturated heterocycles. The predicted molar refractivity (Wildman–Crippen MR) is 160 cm³/mol. The number of carboxylic acid groups (broad SMARTS) is 2. The van der Waals surface area contributed by atoms with E-state index in [0.29, 0.717) is 17.9 Å². The Kier molecular flexibility index (Phi) is 10.5. The maximum Gasteiger partial charge on any atom is 0.490 e. The predicted octanol–water partition coefficient (Wildman–Crippen LogP) is 6.71. The van der Waals surface area contributed by atoms with Crippen LogP contribution in [0.25, 0.3) is 0 Å². The summed E-state index contributed by atoms with van der Waals surface area (Å²) in [6.07, 6.45) is -3.30.